The Labute approximate surface area is 135 Å². The first-order valence-electron chi connectivity index (χ1n) is 7.14. The number of hydrogen-bond donors (Lipinski definition) is 2. The zero-order chi connectivity index (χ0) is 17.2. The van der Waals surface area contributed by atoms with Crippen LogP contribution in [-0.4, -0.2) is 55.5 Å². The van der Waals surface area contributed by atoms with E-state index in [4.69, 9.17) is 0 Å². The van der Waals surface area contributed by atoms with E-state index in [9.17, 15) is 18.3 Å². The maximum atomic E-state index is 11.4. The van der Waals surface area contributed by atoms with Gasteiger partial charge in [-0.25, -0.2) is 13.2 Å². The molecule has 0 atom stereocenters. The van der Waals surface area contributed by atoms with Crippen LogP contribution in [-0.2, 0) is 23.5 Å². The predicted octanol–water partition coefficient (Wildman–Crippen LogP) is 0.857. The number of rotatable bonds is 4. The Kier molecular flexibility index (Phi) is 5.08. The topological polar surface area (TPSA) is 102 Å². The van der Waals surface area contributed by atoms with E-state index in [1.807, 2.05) is 45.4 Å². The number of benzene rings is 1. The first-order chi connectivity index (χ1) is 10.7. The van der Waals surface area contributed by atoms with Crippen molar-refractivity contribution < 1.29 is 18.3 Å². The lowest BCUT2D eigenvalue weighted by Crippen LogP contribution is -2.17. The molecule has 0 aliphatic carbocycles. The maximum absolute atomic E-state index is 11.4. The van der Waals surface area contributed by atoms with Gasteiger partial charge in [-0.2, -0.15) is 4.72 Å². The number of likely N-dealkylation sites (N-methyl/N-ethyl adjacent to an activating group) is 1. The van der Waals surface area contributed by atoms with Crippen LogP contribution in [0.25, 0.3) is 10.9 Å². The summed E-state index contributed by atoms with van der Waals surface area (Å²) in [6.45, 7) is 0.842. The van der Waals surface area contributed by atoms with Gasteiger partial charge in [0, 0.05) is 24.5 Å². The van der Waals surface area contributed by atoms with Crippen LogP contribution in [0.5, 0.6) is 0 Å². The van der Waals surface area contributed by atoms with Gasteiger partial charge in [-0.1, -0.05) is 18.2 Å². The number of aromatic nitrogens is 1. The zero-order valence-electron chi connectivity index (χ0n) is 13.4. The molecule has 1 fully saturated rings. The number of carboxylic acid groups (broad SMARTS) is 1. The average molecular weight is 339 g/mol. The number of nitrogens with one attached hydrogen (secondary N) is 1. The van der Waals surface area contributed by atoms with Crippen molar-refractivity contribution in [2.24, 2.45) is 7.05 Å². The number of hydrogen-bond acceptors (Lipinski definition) is 4. The quantitative estimate of drug-likeness (QED) is 0.805. The van der Waals surface area contributed by atoms with E-state index in [0.717, 1.165) is 29.4 Å². The molecule has 23 heavy (non-hydrogen) atoms. The van der Waals surface area contributed by atoms with Gasteiger partial charge in [0.2, 0.25) is 10.0 Å². The van der Waals surface area contributed by atoms with Crippen LogP contribution in [0.4, 0.5) is 0 Å². The van der Waals surface area contributed by atoms with Crippen molar-refractivity contribution in [1.29, 1.82) is 0 Å². The van der Waals surface area contributed by atoms with Gasteiger partial charge in [0.05, 0.1) is 0 Å². The van der Waals surface area contributed by atoms with Crippen molar-refractivity contribution >= 4 is 26.9 Å². The van der Waals surface area contributed by atoms with Crippen LogP contribution >= 0.6 is 0 Å². The third-order valence-corrected chi connectivity index (χ3v) is 4.36. The molecular formula is C15H21N3O4S. The van der Waals surface area contributed by atoms with E-state index in [1.165, 1.54) is 0 Å². The fourth-order valence-electron chi connectivity index (χ4n) is 2.38. The minimum absolute atomic E-state index is 0.174. The van der Waals surface area contributed by atoms with Crippen LogP contribution in [0, 0.1) is 0 Å². The molecule has 3 rings (SSSR count). The summed E-state index contributed by atoms with van der Waals surface area (Å²) >= 11 is 0. The van der Waals surface area contributed by atoms with E-state index in [0.29, 0.717) is 5.69 Å². The van der Waals surface area contributed by atoms with E-state index in [1.54, 1.807) is 4.57 Å². The molecule has 7 nitrogen and oxygen atoms in total. The van der Waals surface area contributed by atoms with Gasteiger partial charge in [0.15, 0.2) is 0 Å². The Morgan fingerprint density at radius 2 is 1.91 bits per heavy atom. The number of para-hydroxylation sites is 1. The lowest BCUT2D eigenvalue weighted by molar-refractivity contribution is 0.0685. The molecule has 2 aromatic rings. The van der Waals surface area contributed by atoms with E-state index >= 15 is 0 Å². The fraction of sp³-hybridized carbons (Fsp3) is 0.400. The van der Waals surface area contributed by atoms with E-state index < -0.39 is 16.0 Å². The van der Waals surface area contributed by atoms with Crippen LogP contribution in [0.3, 0.4) is 0 Å². The van der Waals surface area contributed by atoms with Crippen molar-refractivity contribution in [3.8, 4) is 0 Å². The molecule has 1 aliphatic heterocycles. The Bertz CT molecular complexity index is 815. The van der Waals surface area contributed by atoms with Gasteiger partial charge in [-0.05, 0) is 32.1 Å². The summed E-state index contributed by atoms with van der Waals surface area (Å²) in [5, 5.41) is 10.4. The number of carboxylic acids is 1. The molecular weight excluding hydrogens is 318 g/mol. The van der Waals surface area contributed by atoms with Gasteiger partial charge < -0.3 is 14.6 Å². The largest absolute Gasteiger partial charge is 0.477 e. The molecule has 8 heteroatoms. The van der Waals surface area contributed by atoms with Crippen molar-refractivity contribution in [3.05, 3.63) is 35.5 Å². The molecule has 1 saturated heterocycles. The average Bonchev–Trinajstić information content (AvgIpc) is 3.08. The third-order valence-electron chi connectivity index (χ3n) is 3.60. The highest BCUT2D eigenvalue weighted by Crippen LogP contribution is 2.25. The zero-order valence-corrected chi connectivity index (χ0v) is 14.2. The van der Waals surface area contributed by atoms with Crippen molar-refractivity contribution in [2.45, 2.75) is 6.42 Å². The summed E-state index contributed by atoms with van der Waals surface area (Å²) in [7, 11) is 3.13. The summed E-state index contributed by atoms with van der Waals surface area (Å²) in [6, 6.07) is 7.84. The van der Waals surface area contributed by atoms with E-state index in [-0.39, 0.29) is 5.88 Å². The van der Waals surface area contributed by atoms with Gasteiger partial charge >= 0.3 is 5.97 Å². The molecule has 1 aromatic heterocycles. The lowest BCUT2D eigenvalue weighted by atomic mass is 10.1. The van der Waals surface area contributed by atoms with Crippen LogP contribution in [0.2, 0.25) is 0 Å². The maximum Gasteiger partial charge on any atom is 0.352 e. The molecule has 0 spiro atoms. The fourth-order valence-corrected chi connectivity index (χ4v) is 2.77. The Morgan fingerprint density at radius 1 is 1.35 bits per heavy atom. The number of aromatic carboxylic acids is 1. The van der Waals surface area contributed by atoms with E-state index in [2.05, 4.69) is 9.62 Å². The monoisotopic (exact) mass is 339 g/mol. The molecule has 2 heterocycles. The number of nitrogens with zero attached hydrogens (tertiary/aromatic N) is 2. The van der Waals surface area contributed by atoms with Crippen LogP contribution in [0.15, 0.2) is 24.3 Å². The molecule has 0 unspecified atom stereocenters. The van der Waals surface area contributed by atoms with Crippen LogP contribution in [0.1, 0.15) is 16.1 Å². The second-order valence-corrected chi connectivity index (χ2v) is 7.47. The van der Waals surface area contributed by atoms with Gasteiger partial charge in [0.25, 0.3) is 0 Å². The molecule has 2 N–H and O–H groups in total. The highest BCUT2D eigenvalue weighted by atomic mass is 32.2. The number of aryl methyl sites for hydroxylation is 1. The summed E-state index contributed by atoms with van der Waals surface area (Å²) in [5.41, 5.74) is 2.30. The number of sulfonamides is 1. The highest BCUT2D eigenvalue weighted by molar-refractivity contribution is 7.95. The van der Waals surface area contributed by atoms with Crippen molar-refractivity contribution in [2.75, 3.05) is 26.5 Å². The number of carbonyl (C=O) groups is 1. The molecule has 126 valence electrons. The Balaban J connectivity index is 0.000000326. The summed E-state index contributed by atoms with van der Waals surface area (Å²) < 4.78 is 23.2. The molecule has 0 radical (unpaired) electrons. The first-order valence-corrected chi connectivity index (χ1v) is 8.80. The summed E-state index contributed by atoms with van der Waals surface area (Å²) in [5.74, 6) is -0.685. The summed E-state index contributed by atoms with van der Waals surface area (Å²) in [4.78, 5) is 13.5. The number of fused-ring (bicyclic) bond motifs is 1. The highest BCUT2D eigenvalue weighted by Gasteiger charge is 2.23. The first kappa shape index (κ1) is 17.5. The van der Waals surface area contributed by atoms with Crippen molar-refractivity contribution in [1.82, 2.24) is 14.2 Å². The second-order valence-electron chi connectivity index (χ2n) is 5.67. The minimum atomic E-state index is -2.67. The van der Waals surface area contributed by atoms with Gasteiger partial charge in [-0.15, -0.1) is 0 Å². The van der Waals surface area contributed by atoms with Crippen molar-refractivity contribution in [3.63, 3.8) is 0 Å². The van der Waals surface area contributed by atoms with Gasteiger partial charge in [0.1, 0.15) is 11.6 Å². The normalized spacial score (nSPS) is 15.3. The molecule has 1 aromatic carbocycles. The second kappa shape index (κ2) is 6.69. The molecule has 1 aliphatic rings. The third kappa shape index (κ3) is 4.31. The SMILES string of the molecule is CN(C)CCc1c(C(=O)O)n(C)c2ccccc12.O=S1(=O)CN1. The lowest BCUT2D eigenvalue weighted by Gasteiger charge is -2.09. The predicted molar refractivity (Wildman–Crippen MR) is 89.1 cm³/mol. The Morgan fingerprint density at radius 3 is 2.39 bits per heavy atom. The Hall–Kier alpha value is -1.90. The molecule has 0 amide bonds. The van der Waals surface area contributed by atoms with Gasteiger partial charge in [-0.3, -0.25) is 0 Å². The smallest absolute Gasteiger partial charge is 0.352 e. The summed E-state index contributed by atoms with van der Waals surface area (Å²) in [6.07, 6.45) is 0.746. The standard InChI is InChI=1S/C14H18N2O2.CH3NO2S/c1-15(2)9-8-11-10-6-4-5-7-12(10)16(3)13(11)14(17)18;3-5(4)1-2-5/h4-7H,8-9H2,1-3H3,(H,17,18);2H,1H2. The van der Waals surface area contributed by atoms with Crippen LogP contribution < -0.4 is 4.72 Å². The molecule has 0 saturated carbocycles. The molecule has 0 bridgehead atoms. The minimum Gasteiger partial charge on any atom is -0.477 e.